The Kier molecular flexibility index (Phi) is 10.0. The molecule has 0 bridgehead atoms. The van der Waals surface area contributed by atoms with Gasteiger partial charge in [0.25, 0.3) is 0 Å². The first-order chi connectivity index (χ1) is 12.0. The second-order valence-corrected chi connectivity index (χ2v) is 6.89. The molecule has 0 spiro atoms. The van der Waals surface area contributed by atoms with Crippen molar-refractivity contribution in [3.8, 4) is 0 Å². The van der Waals surface area contributed by atoms with Gasteiger partial charge >= 0.3 is 0 Å². The van der Waals surface area contributed by atoms with Crippen molar-refractivity contribution in [3.05, 3.63) is 51.2 Å². The zero-order chi connectivity index (χ0) is 18.2. The highest BCUT2D eigenvalue weighted by molar-refractivity contribution is 14.0. The van der Waals surface area contributed by atoms with Crippen molar-refractivity contribution in [2.24, 2.45) is 4.99 Å². The molecule has 2 aromatic rings. The molecule has 1 aromatic carbocycles. The van der Waals surface area contributed by atoms with E-state index in [1.807, 2.05) is 13.8 Å². The van der Waals surface area contributed by atoms with E-state index in [9.17, 15) is 4.39 Å². The first kappa shape index (κ1) is 22.8. The number of aromatic nitrogens is 1. The van der Waals surface area contributed by atoms with E-state index in [1.165, 1.54) is 17.0 Å². The Morgan fingerprint density at radius 2 is 1.96 bits per heavy atom. The van der Waals surface area contributed by atoms with Crippen molar-refractivity contribution < 1.29 is 9.13 Å². The molecule has 0 aliphatic rings. The lowest BCUT2D eigenvalue weighted by Crippen LogP contribution is -2.39. The number of rotatable bonds is 7. The van der Waals surface area contributed by atoms with Gasteiger partial charge in [0.15, 0.2) is 5.96 Å². The summed E-state index contributed by atoms with van der Waals surface area (Å²) in [6, 6.07) is 6.34. The van der Waals surface area contributed by atoms with Gasteiger partial charge in [-0.3, -0.25) is 0 Å². The van der Waals surface area contributed by atoms with Crippen LogP contribution in [0.2, 0.25) is 0 Å². The molecule has 0 aliphatic carbocycles. The summed E-state index contributed by atoms with van der Waals surface area (Å²) >= 11 is 1.67. The number of nitrogens with one attached hydrogen (secondary N) is 2. The van der Waals surface area contributed by atoms with E-state index in [0.29, 0.717) is 19.0 Å². The Balaban J connectivity index is 0.00000338. The molecule has 0 amide bonds. The molecule has 0 radical (unpaired) electrons. The van der Waals surface area contributed by atoms with Crippen LogP contribution >= 0.6 is 35.3 Å². The van der Waals surface area contributed by atoms with Gasteiger partial charge < -0.3 is 15.4 Å². The fraction of sp³-hybridized carbons (Fsp3) is 0.444. The lowest BCUT2D eigenvalue weighted by atomic mass is 10.1. The summed E-state index contributed by atoms with van der Waals surface area (Å²) < 4.78 is 18.6. The van der Waals surface area contributed by atoms with Crippen molar-refractivity contribution in [2.75, 3.05) is 20.2 Å². The van der Waals surface area contributed by atoms with Crippen LogP contribution in [0.25, 0.3) is 0 Å². The summed E-state index contributed by atoms with van der Waals surface area (Å²) in [6.45, 7) is 7.91. The summed E-state index contributed by atoms with van der Waals surface area (Å²) in [5.74, 6) is 0.452. The van der Waals surface area contributed by atoms with Gasteiger partial charge in [0.2, 0.25) is 0 Å². The third-order valence-corrected chi connectivity index (χ3v) is 4.83. The molecule has 2 rings (SSSR count). The van der Waals surface area contributed by atoms with E-state index in [2.05, 4.69) is 27.5 Å². The average molecular weight is 492 g/mol. The lowest BCUT2D eigenvalue weighted by Gasteiger charge is -2.18. The Hall–Kier alpha value is -1.26. The van der Waals surface area contributed by atoms with Crippen molar-refractivity contribution in [1.82, 2.24) is 15.6 Å². The first-order valence-electron chi connectivity index (χ1n) is 8.26. The number of nitrogens with zero attached hydrogens (tertiary/aromatic N) is 2. The van der Waals surface area contributed by atoms with E-state index in [4.69, 9.17) is 4.74 Å². The summed E-state index contributed by atoms with van der Waals surface area (Å²) in [5.41, 5.74) is 1.97. The summed E-state index contributed by atoms with van der Waals surface area (Å²) in [6.07, 6.45) is -0.186. The van der Waals surface area contributed by atoms with Gasteiger partial charge in [0.05, 0.1) is 18.3 Å². The number of ether oxygens (including phenoxy) is 1. The number of hydrogen-bond donors (Lipinski definition) is 2. The molecule has 2 N–H and O–H groups in total. The van der Waals surface area contributed by atoms with E-state index in [1.54, 1.807) is 30.6 Å². The Morgan fingerprint density at radius 1 is 1.27 bits per heavy atom. The van der Waals surface area contributed by atoms with Crippen molar-refractivity contribution >= 4 is 41.3 Å². The van der Waals surface area contributed by atoms with E-state index < -0.39 is 0 Å². The molecule has 1 atom stereocenters. The van der Waals surface area contributed by atoms with Crippen LogP contribution in [0.15, 0.2) is 29.3 Å². The second kappa shape index (κ2) is 11.5. The number of guanidine groups is 1. The van der Waals surface area contributed by atoms with Gasteiger partial charge in [-0.2, -0.15) is 0 Å². The van der Waals surface area contributed by atoms with Gasteiger partial charge in [-0.25, -0.2) is 14.4 Å². The normalized spacial score (nSPS) is 12.4. The second-order valence-electron chi connectivity index (χ2n) is 5.60. The van der Waals surface area contributed by atoms with Gasteiger partial charge in [-0.1, -0.05) is 12.1 Å². The molecular formula is C18H26FIN4OS. The van der Waals surface area contributed by atoms with Gasteiger partial charge in [-0.15, -0.1) is 35.3 Å². The third-order valence-electron chi connectivity index (χ3n) is 3.77. The number of aryl methyl sites for hydroxylation is 2. The highest BCUT2D eigenvalue weighted by atomic mass is 127. The molecule has 1 unspecified atom stereocenters. The molecule has 1 heterocycles. The summed E-state index contributed by atoms with van der Waals surface area (Å²) in [5, 5.41) is 7.48. The number of benzene rings is 1. The van der Waals surface area contributed by atoms with Crippen LogP contribution in [0.1, 0.15) is 34.2 Å². The largest absolute Gasteiger partial charge is 0.375 e. The smallest absolute Gasteiger partial charge is 0.191 e. The highest BCUT2D eigenvalue weighted by Gasteiger charge is 2.11. The predicted molar refractivity (Wildman–Crippen MR) is 116 cm³/mol. The molecule has 144 valence electrons. The van der Waals surface area contributed by atoms with E-state index in [0.717, 1.165) is 22.8 Å². The predicted octanol–water partition coefficient (Wildman–Crippen LogP) is 3.96. The van der Waals surface area contributed by atoms with Crippen molar-refractivity contribution in [2.45, 2.75) is 33.4 Å². The Labute approximate surface area is 175 Å². The minimum absolute atomic E-state index is 0. The van der Waals surface area contributed by atoms with Gasteiger partial charge in [-0.05, 0) is 38.5 Å². The standard InChI is InChI=1S/C18H25FN4OS.HI/c1-5-20-18(22-11-17-23-12(2)13(3)25-17)21-10-16(24-4)14-6-8-15(19)9-7-14;/h6-9,16H,5,10-11H2,1-4H3,(H2,20,21,22);1H. The van der Waals surface area contributed by atoms with Crippen LogP contribution in [0.5, 0.6) is 0 Å². The van der Waals surface area contributed by atoms with Crippen LogP contribution in [-0.2, 0) is 11.3 Å². The molecule has 0 fully saturated rings. The maximum absolute atomic E-state index is 13.1. The fourth-order valence-electron chi connectivity index (χ4n) is 2.30. The summed E-state index contributed by atoms with van der Waals surface area (Å²) in [7, 11) is 1.64. The van der Waals surface area contributed by atoms with Crippen LogP contribution < -0.4 is 10.6 Å². The molecule has 1 aromatic heterocycles. The topological polar surface area (TPSA) is 58.5 Å². The molecule has 8 heteroatoms. The molecule has 26 heavy (non-hydrogen) atoms. The minimum atomic E-state index is -0.254. The van der Waals surface area contributed by atoms with Gasteiger partial charge in [0.1, 0.15) is 10.8 Å². The van der Waals surface area contributed by atoms with E-state index >= 15 is 0 Å². The van der Waals surface area contributed by atoms with Crippen LogP contribution in [-0.4, -0.2) is 31.1 Å². The molecule has 0 saturated carbocycles. The third kappa shape index (κ3) is 6.81. The average Bonchev–Trinajstić information content (AvgIpc) is 2.92. The first-order valence-corrected chi connectivity index (χ1v) is 9.08. The number of hydrogen-bond acceptors (Lipinski definition) is 4. The lowest BCUT2D eigenvalue weighted by molar-refractivity contribution is 0.106. The van der Waals surface area contributed by atoms with Crippen molar-refractivity contribution in [3.63, 3.8) is 0 Å². The molecule has 5 nitrogen and oxygen atoms in total. The number of aliphatic imine (C=N–C) groups is 1. The fourth-order valence-corrected chi connectivity index (χ4v) is 3.16. The zero-order valence-electron chi connectivity index (χ0n) is 15.5. The Bertz CT molecular complexity index is 686. The number of halogens is 2. The van der Waals surface area contributed by atoms with Crippen LogP contribution in [0.3, 0.4) is 0 Å². The SMILES string of the molecule is CCNC(=NCc1nc(C)c(C)s1)NCC(OC)c1ccc(F)cc1.I. The number of thiazole rings is 1. The monoisotopic (exact) mass is 492 g/mol. The molecule has 0 aliphatic heterocycles. The van der Waals surface area contributed by atoms with Crippen LogP contribution in [0, 0.1) is 19.7 Å². The quantitative estimate of drug-likeness (QED) is 0.349. The maximum atomic E-state index is 13.1. The number of methoxy groups -OCH3 is 1. The maximum Gasteiger partial charge on any atom is 0.191 e. The molecular weight excluding hydrogens is 466 g/mol. The van der Waals surface area contributed by atoms with Crippen molar-refractivity contribution in [1.29, 1.82) is 0 Å². The van der Waals surface area contributed by atoms with E-state index in [-0.39, 0.29) is 35.9 Å². The van der Waals surface area contributed by atoms with Crippen LogP contribution in [0.4, 0.5) is 4.39 Å². The zero-order valence-corrected chi connectivity index (χ0v) is 18.7. The highest BCUT2D eigenvalue weighted by Crippen LogP contribution is 2.17. The minimum Gasteiger partial charge on any atom is -0.375 e. The Morgan fingerprint density at radius 3 is 2.50 bits per heavy atom. The molecule has 0 saturated heterocycles. The summed E-state index contributed by atoms with van der Waals surface area (Å²) in [4.78, 5) is 10.3. The van der Waals surface area contributed by atoms with Gasteiger partial charge in [0, 0.05) is 25.1 Å².